The molecule has 0 aliphatic carbocycles. The van der Waals surface area contributed by atoms with Gasteiger partial charge in [0.05, 0.1) is 18.0 Å². The average molecular weight is 846 g/mol. The molecular formula is C32H46Cl2N20O4. The molecule has 2 amide bonds. The Labute approximate surface area is 342 Å². The van der Waals surface area contributed by atoms with Gasteiger partial charge in [0.2, 0.25) is 5.96 Å². The minimum absolute atomic E-state index is 0.110. The topological polar surface area (TPSA) is 388 Å². The van der Waals surface area contributed by atoms with Crippen LogP contribution in [0.2, 0.25) is 10.3 Å². The van der Waals surface area contributed by atoms with Gasteiger partial charge in [0.15, 0.2) is 62.8 Å². The standard InChI is InChI=1S/C32H46Cl2N20O4/c1-14(52-10-4-16(5-11-52)43-29(39)49-26(55)18-22(35)47-24(37)20(33)45-18)42-32(51-31(41)53-8-2-15(3-9-53)28(57)58)54-12-6-17(7-13-54)44-30(40)50-27(56)19-23(36)48-25(38)21(34)46-19/h15-17H,1-13H2,(H,57,58)(H4,35,37,47)(H4,36,38,48)(H2,41,42,51)(H3,39,43,49,55)(H3,40,44,50,56). The summed E-state index contributed by atoms with van der Waals surface area (Å²) in [4.78, 5) is 76.5. The van der Waals surface area contributed by atoms with Crippen LogP contribution in [0.5, 0.6) is 0 Å². The van der Waals surface area contributed by atoms with E-state index in [1.54, 1.807) is 0 Å². The van der Waals surface area contributed by atoms with Gasteiger partial charge in [-0.05, 0) is 38.5 Å². The van der Waals surface area contributed by atoms with Gasteiger partial charge in [-0.25, -0.2) is 29.9 Å². The van der Waals surface area contributed by atoms with Gasteiger partial charge in [-0.3, -0.25) is 25.0 Å². The first-order chi connectivity index (χ1) is 27.5. The van der Waals surface area contributed by atoms with Crippen LogP contribution in [0.25, 0.3) is 0 Å². The number of nitrogens with one attached hydrogen (secondary N) is 2. The lowest BCUT2D eigenvalue weighted by atomic mass is 9.97. The molecule has 0 unspecified atom stereocenters. The number of aliphatic carboxylic acids is 1. The monoisotopic (exact) mass is 844 g/mol. The molecule has 26 heteroatoms. The molecule has 0 bridgehead atoms. The fourth-order valence-corrected chi connectivity index (χ4v) is 6.61. The van der Waals surface area contributed by atoms with Gasteiger partial charge in [-0.1, -0.05) is 29.8 Å². The van der Waals surface area contributed by atoms with Gasteiger partial charge in [-0.15, -0.1) is 0 Å². The number of nitrogens with two attached hydrogens (primary N) is 7. The lowest BCUT2D eigenvalue weighted by molar-refractivity contribution is -0.143. The molecule has 5 heterocycles. The van der Waals surface area contributed by atoms with Crippen molar-refractivity contribution >= 4 is 88.1 Å². The Balaban J connectivity index is 1.23. The van der Waals surface area contributed by atoms with Crippen LogP contribution in [0.4, 0.5) is 23.3 Å². The lowest BCUT2D eigenvalue weighted by Crippen LogP contribution is -2.46. The molecule has 58 heavy (non-hydrogen) atoms. The van der Waals surface area contributed by atoms with E-state index in [4.69, 9.17) is 73.3 Å². The smallest absolute Gasteiger partial charge is 0.306 e. The number of hydrogen-bond donors (Lipinski definition) is 10. The van der Waals surface area contributed by atoms with Crippen LogP contribution in [-0.2, 0) is 4.79 Å². The quantitative estimate of drug-likeness (QED) is 0.113. The molecule has 5 rings (SSSR count). The summed E-state index contributed by atoms with van der Waals surface area (Å²) in [6.45, 7) is 7.00. The molecule has 0 spiro atoms. The second kappa shape index (κ2) is 18.7. The highest BCUT2D eigenvalue weighted by atomic mass is 35.5. The van der Waals surface area contributed by atoms with Gasteiger partial charge in [-0.2, -0.15) is 9.98 Å². The van der Waals surface area contributed by atoms with E-state index in [1.807, 2.05) is 14.7 Å². The van der Waals surface area contributed by atoms with Crippen LogP contribution in [0.15, 0.2) is 32.4 Å². The number of piperidine rings is 3. The van der Waals surface area contributed by atoms with E-state index in [9.17, 15) is 19.5 Å². The summed E-state index contributed by atoms with van der Waals surface area (Å²) in [6.07, 6.45) is 3.02. The maximum absolute atomic E-state index is 12.7. The number of amides is 2. The fraction of sp³-hybridized carbons (Fsp3) is 0.469. The number of carboxylic acids is 1. The van der Waals surface area contributed by atoms with Crippen molar-refractivity contribution in [2.45, 2.75) is 50.6 Å². The lowest BCUT2D eigenvalue weighted by Gasteiger charge is -2.35. The zero-order valence-electron chi connectivity index (χ0n) is 31.3. The summed E-state index contributed by atoms with van der Waals surface area (Å²) in [5, 5.41) is 14.0. The first-order valence-corrected chi connectivity index (χ1v) is 18.8. The molecule has 2 aromatic heterocycles. The maximum Gasteiger partial charge on any atom is 0.306 e. The van der Waals surface area contributed by atoms with Crippen molar-refractivity contribution < 1.29 is 19.5 Å². The number of carbonyl (C=O) groups is 3. The number of halogens is 2. The van der Waals surface area contributed by atoms with Crippen LogP contribution >= 0.6 is 23.2 Å². The normalized spacial score (nSPS) is 18.3. The summed E-state index contributed by atoms with van der Waals surface area (Å²) < 4.78 is 0. The second-order valence-electron chi connectivity index (χ2n) is 13.5. The SMILES string of the molecule is C=C(N=C(N=C(N)N1CCC(C(=O)O)CC1)N1CCC(N=C(N)NC(=O)c2nc(Cl)c(N)nc2N)CC1)N1CCC(N=C(N)NC(=O)c2nc(Cl)c(N)nc2N)CC1. The molecule has 0 radical (unpaired) electrons. The fourth-order valence-electron chi connectivity index (χ4n) is 6.36. The molecule has 312 valence electrons. The number of aromatic nitrogens is 4. The van der Waals surface area contributed by atoms with Crippen LogP contribution in [0.1, 0.15) is 59.5 Å². The number of aliphatic imine (C=N–C) groups is 4. The molecule has 3 aliphatic heterocycles. The Morgan fingerprint density at radius 3 is 1.48 bits per heavy atom. The molecule has 3 fully saturated rings. The van der Waals surface area contributed by atoms with E-state index in [0.29, 0.717) is 89.6 Å². The highest BCUT2D eigenvalue weighted by molar-refractivity contribution is 6.32. The summed E-state index contributed by atoms with van der Waals surface area (Å²) in [5.74, 6) is -2.73. The van der Waals surface area contributed by atoms with Crippen molar-refractivity contribution in [1.82, 2.24) is 45.3 Å². The van der Waals surface area contributed by atoms with Crippen LogP contribution < -0.4 is 50.8 Å². The molecule has 0 atom stereocenters. The molecule has 24 nitrogen and oxygen atoms in total. The number of hydrogen-bond acceptors (Lipinski definition) is 15. The van der Waals surface area contributed by atoms with Crippen molar-refractivity contribution in [1.29, 1.82) is 0 Å². The summed E-state index contributed by atoms with van der Waals surface area (Å²) in [5.41, 5.74) is 40.8. The third kappa shape index (κ3) is 10.9. The molecule has 0 saturated carbocycles. The molecule has 3 aliphatic rings. The van der Waals surface area contributed by atoms with Crippen molar-refractivity contribution in [3.63, 3.8) is 0 Å². The van der Waals surface area contributed by atoms with Gasteiger partial charge in [0.1, 0.15) is 5.82 Å². The van der Waals surface area contributed by atoms with Crippen LogP contribution in [0.3, 0.4) is 0 Å². The van der Waals surface area contributed by atoms with Gasteiger partial charge in [0.25, 0.3) is 11.8 Å². The molecule has 17 N–H and O–H groups in total. The molecule has 0 aromatic carbocycles. The third-order valence-electron chi connectivity index (χ3n) is 9.56. The zero-order valence-corrected chi connectivity index (χ0v) is 32.8. The number of likely N-dealkylation sites (tertiary alicyclic amines) is 3. The number of carboxylic acid groups (broad SMARTS) is 1. The minimum atomic E-state index is -0.836. The Bertz CT molecular complexity index is 2040. The highest BCUT2D eigenvalue weighted by Gasteiger charge is 2.28. The zero-order chi connectivity index (χ0) is 42.3. The number of rotatable bonds is 7. The Morgan fingerprint density at radius 1 is 0.638 bits per heavy atom. The van der Waals surface area contributed by atoms with E-state index < -0.39 is 23.7 Å². The van der Waals surface area contributed by atoms with E-state index in [2.05, 4.69) is 47.1 Å². The number of guanidine groups is 4. The van der Waals surface area contributed by atoms with Crippen molar-refractivity contribution in [2.24, 2.45) is 43.1 Å². The number of nitrogens with zero attached hydrogens (tertiary/aromatic N) is 11. The predicted molar refractivity (Wildman–Crippen MR) is 219 cm³/mol. The largest absolute Gasteiger partial charge is 0.481 e. The number of carbonyl (C=O) groups excluding carboxylic acids is 2. The average Bonchev–Trinajstić information content (AvgIpc) is 3.17. The third-order valence-corrected chi connectivity index (χ3v) is 10.1. The van der Waals surface area contributed by atoms with Crippen molar-refractivity contribution in [3.05, 3.63) is 34.1 Å². The van der Waals surface area contributed by atoms with Crippen molar-refractivity contribution in [3.8, 4) is 0 Å². The number of anilines is 4. The van der Waals surface area contributed by atoms with Gasteiger partial charge < -0.3 is 59.9 Å². The van der Waals surface area contributed by atoms with Gasteiger partial charge >= 0.3 is 5.97 Å². The second-order valence-corrected chi connectivity index (χ2v) is 14.3. The summed E-state index contributed by atoms with van der Waals surface area (Å²) in [7, 11) is 0. The number of nitrogen functional groups attached to an aromatic ring is 4. The predicted octanol–water partition coefficient (Wildman–Crippen LogP) is -1.44. The Kier molecular flexibility index (Phi) is 13.8. The summed E-state index contributed by atoms with van der Waals surface area (Å²) >= 11 is 11.8. The Hall–Kier alpha value is -6.43. The Morgan fingerprint density at radius 2 is 1.05 bits per heavy atom. The molecular weight excluding hydrogens is 799 g/mol. The molecule has 3 saturated heterocycles. The highest BCUT2D eigenvalue weighted by Crippen LogP contribution is 2.22. The van der Waals surface area contributed by atoms with Crippen LogP contribution in [-0.4, -0.2) is 133 Å². The van der Waals surface area contributed by atoms with Gasteiger partial charge in [0, 0.05) is 39.3 Å². The summed E-state index contributed by atoms with van der Waals surface area (Å²) in [6, 6.07) is -0.484. The first kappa shape index (κ1) is 42.7. The first-order valence-electron chi connectivity index (χ1n) is 18.0. The van der Waals surface area contributed by atoms with E-state index in [-0.39, 0.29) is 74.9 Å². The van der Waals surface area contributed by atoms with E-state index in [1.165, 1.54) is 0 Å². The molecule has 2 aromatic rings. The van der Waals surface area contributed by atoms with Crippen molar-refractivity contribution in [2.75, 3.05) is 62.2 Å². The minimum Gasteiger partial charge on any atom is -0.481 e. The van der Waals surface area contributed by atoms with E-state index in [0.717, 1.165) is 0 Å². The van der Waals surface area contributed by atoms with E-state index >= 15 is 0 Å². The maximum atomic E-state index is 12.7. The van der Waals surface area contributed by atoms with Crippen LogP contribution in [0, 0.1) is 5.92 Å².